The fraction of sp³-hybridized carbons (Fsp3) is 0.941. The van der Waals surface area contributed by atoms with Crippen LogP contribution in [-0.2, 0) is 4.79 Å². The summed E-state index contributed by atoms with van der Waals surface area (Å²) in [5.41, 5.74) is 0. The molecule has 0 amide bonds. The van der Waals surface area contributed by atoms with E-state index in [-0.39, 0.29) is 0 Å². The topological polar surface area (TPSA) is 40.5 Å². The molecule has 1 saturated heterocycles. The van der Waals surface area contributed by atoms with Crippen molar-refractivity contribution in [3.8, 4) is 0 Å². The molecule has 3 nitrogen and oxygen atoms in total. The minimum absolute atomic E-state index is 0.369. The number of carboxylic acids is 1. The van der Waals surface area contributed by atoms with Crippen molar-refractivity contribution in [1.82, 2.24) is 4.90 Å². The molecule has 1 heterocycles. The molecule has 0 spiro atoms. The first-order chi connectivity index (χ1) is 9.56. The highest BCUT2D eigenvalue weighted by Gasteiger charge is 2.28. The molecule has 0 aromatic rings. The Labute approximate surface area is 123 Å². The minimum Gasteiger partial charge on any atom is -0.481 e. The molecule has 20 heavy (non-hydrogen) atoms. The second-order valence-corrected chi connectivity index (χ2v) is 7.24. The monoisotopic (exact) mass is 281 g/mol. The zero-order chi connectivity index (χ0) is 14.5. The maximum absolute atomic E-state index is 10.8. The van der Waals surface area contributed by atoms with Crippen molar-refractivity contribution in [2.75, 3.05) is 13.1 Å². The fourth-order valence-corrected chi connectivity index (χ4v) is 4.11. The first-order valence-corrected chi connectivity index (χ1v) is 8.52. The standard InChI is InChI=1S/C17H31NO2/c1-13(2)15-4-3-5-16(7-6-15)18-10-8-14(9-11-18)12-17(19)20/h13-16H,3-12H2,1-2H3,(H,19,20). The minimum atomic E-state index is -0.627. The lowest BCUT2D eigenvalue weighted by atomic mass is 9.88. The van der Waals surface area contributed by atoms with Crippen molar-refractivity contribution in [2.24, 2.45) is 17.8 Å². The summed E-state index contributed by atoms with van der Waals surface area (Å²) >= 11 is 0. The number of nitrogens with zero attached hydrogens (tertiary/aromatic N) is 1. The van der Waals surface area contributed by atoms with Gasteiger partial charge in [-0.1, -0.05) is 26.7 Å². The number of carbonyl (C=O) groups is 1. The predicted octanol–water partition coefficient (Wildman–Crippen LogP) is 3.78. The molecular weight excluding hydrogens is 250 g/mol. The summed E-state index contributed by atoms with van der Waals surface area (Å²) in [5, 5.41) is 8.89. The molecule has 0 radical (unpaired) electrons. The van der Waals surface area contributed by atoms with Crippen LogP contribution in [0.2, 0.25) is 0 Å². The van der Waals surface area contributed by atoms with Crippen molar-refractivity contribution in [3.05, 3.63) is 0 Å². The summed E-state index contributed by atoms with van der Waals surface area (Å²) in [5.74, 6) is 1.54. The Balaban J connectivity index is 1.77. The van der Waals surface area contributed by atoms with Gasteiger partial charge >= 0.3 is 5.97 Å². The maximum atomic E-state index is 10.8. The summed E-state index contributed by atoms with van der Waals surface area (Å²) in [4.78, 5) is 13.4. The molecule has 2 fully saturated rings. The molecule has 1 aliphatic carbocycles. The quantitative estimate of drug-likeness (QED) is 0.797. The third-order valence-corrected chi connectivity index (χ3v) is 5.55. The van der Waals surface area contributed by atoms with Crippen LogP contribution in [-0.4, -0.2) is 35.1 Å². The van der Waals surface area contributed by atoms with E-state index in [9.17, 15) is 4.79 Å². The highest BCUT2D eigenvalue weighted by atomic mass is 16.4. The lowest BCUT2D eigenvalue weighted by Gasteiger charge is -2.37. The Bertz CT molecular complexity index is 308. The molecular formula is C17H31NO2. The normalized spacial score (nSPS) is 30.4. The van der Waals surface area contributed by atoms with Crippen LogP contribution in [0.4, 0.5) is 0 Å². The first kappa shape index (κ1) is 15.8. The van der Waals surface area contributed by atoms with Gasteiger partial charge < -0.3 is 10.0 Å². The largest absolute Gasteiger partial charge is 0.481 e. The van der Waals surface area contributed by atoms with Crippen molar-refractivity contribution in [1.29, 1.82) is 0 Å². The van der Waals surface area contributed by atoms with E-state index in [1.165, 1.54) is 32.1 Å². The molecule has 2 rings (SSSR count). The molecule has 3 heteroatoms. The Morgan fingerprint density at radius 2 is 1.80 bits per heavy atom. The molecule has 1 aliphatic heterocycles. The average Bonchev–Trinajstić information content (AvgIpc) is 2.64. The smallest absolute Gasteiger partial charge is 0.303 e. The second-order valence-electron chi connectivity index (χ2n) is 7.24. The van der Waals surface area contributed by atoms with Gasteiger partial charge in [-0.15, -0.1) is 0 Å². The van der Waals surface area contributed by atoms with Crippen molar-refractivity contribution in [3.63, 3.8) is 0 Å². The summed E-state index contributed by atoms with van der Waals surface area (Å²) in [6.45, 7) is 6.97. The SMILES string of the molecule is CC(C)C1CCCC(N2CCC(CC(=O)O)CC2)CC1. The third-order valence-electron chi connectivity index (χ3n) is 5.55. The van der Waals surface area contributed by atoms with Crippen molar-refractivity contribution in [2.45, 2.75) is 71.3 Å². The van der Waals surface area contributed by atoms with Crippen molar-refractivity contribution < 1.29 is 9.90 Å². The summed E-state index contributed by atoms with van der Waals surface area (Å²) in [6, 6.07) is 0.768. The van der Waals surface area contributed by atoms with E-state index >= 15 is 0 Å². The van der Waals surface area contributed by atoms with Gasteiger partial charge in [0.2, 0.25) is 0 Å². The van der Waals surface area contributed by atoms with E-state index in [4.69, 9.17) is 5.11 Å². The molecule has 2 unspecified atom stereocenters. The lowest BCUT2D eigenvalue weighted by molar-refractivity contribution is -0.138. The van der Waals surface area contributed by atoms with Gasteiger partial charge in [0.1, 0.15) is 0 Å². The zero-order valence-corrected chi connectivity index (χ0v) is 13.2. The van der Waals surface area contributed by atoms with E-state index < -0.39 is 5.97 Å². The number of piperidine rings is 1. The highest BCUT2D eigenvalue weighted by molar-refractivity contribution is 5.67. The van der Waals surface area contributed by atoms with Gasteiger partial charge in [-0.3, -0.25) is 4.79 Å². The van der Waals surface area contributed by atoms with Crippen LogP contribution in [0.5, 0.6) is 0 Å². The van der Waals surface area contributed by atoms with Crippen LogP contribution in [0.1, 0.15) is 65.2 Å². The van der Waals surface area contributed by atoms with Gasteiger partial charge in [0.05, 0.1) is 0 Å². The van der Waals surface area contributed by atoms with E-state index in [0.29, 0.717) is 12.3 Å². The number of likely N-dealkylation sites (tertiary alicyclic amines) is 1. The van der Waals surface area contributed by atoms with Crippen LogP contribution in [0.3, 0.4) is 0 Å². The zero-order valence-electron chi connectivity index (χ0n) is 13.2. The Morgan fingerprint density at radius 3 is 2.40 bits per heavy atom. The van der Waals surface area contributed by atoms with E-state index in [1.54, 1.807) is 0 Å². The predicted molar refractivity (Wildman–Crippen MR) is 81.8 cm³/mol. The lowest BCUT2D eigenvalue weighted by Crippen LogP contribution is -2.41. The number of hydrogen-bond acceptors (Lipinski definition) is 2. The second kappa shape index (κ2) is 7.44. The molecule has 116 valence electrons. The van der Waals surface area contributed by atoms with Crippen LogP contribution in [0.15, 0.2) is 0 Å². The number of rotatable bonds is 4. The number of carboxylic acid groups (broad SMARTS) is 1. The van der Waals surface area contributed by atoms with E-state index in [2.05, 4.69) is 18.7 Å². The summed E-state index contributed by atoms with van der Waals surface area (Å²) < 4.78 is 0. The van der Waals surface area contributed by atoms with Crippen LogP contribution in [0.25, 0.3) is 0 Å². The van der Waals surface area contributed by atoms with Crippen molar-refractivity contribution >= 4 is 5.97 Å². The van der Waals surface area contributed by atoms with Crippen LogP contribution >= 0.6 is 0 Å². The van der Waals surface area contributed by atoms with E-state index in [0.717, 1.165) is 43.8 Å². The van der Waals surface area contributed by atoms with Gasteiger partial charge in [-0.2, -0.15) is 0 Å². The highest BCUT2D eigenvalue weighted by Crippen LogP contribution is 2.32. The summed E-state index contributed by atoms with van der Waals surface area (Å²) in [6.07, 6.45) is 9.41. The van der Waals surface area contributed by atoms with E-state index in [1.807, 2.05) is 0 Å². The van der Waals surface area contributed by atoms with Gasteiger partial charge in [-0.05, 0) is 62.9 Å². The molecule has 1 saturated carbocycles. The van der Waals surface area contributed by atoms with Gasteiger partial charge in [0.15, 0.2) is 0 Å². The van der Waals surface area contributed by atoms with Crippen LogP contribution in [0, 0.1) is 17.8 Å². The Kier molecular flexibility index (Phi) is 5.88. The van der Waals surface area contributed by atoms with Gasteiger partial charge in [0, 0.05) is 12.5 Å². The maximum Gasteiger partial charge on any atom is 0.303 e. The molecule has 0 aromatic heterocycles. The molecule has 0 aromatic carbocycles. The molecule has 2 atom stereocenters. The Hall–Kier alpha value is -0.570. The number of hydrogen-bond donors (Lipinski definition) is 1. The average molecular weight is 281 g/mol. The molecule has 1 N–H and O–H groups in total. The fourth-order valence-electron chi connectivity index (χ4n) is 4.11. The van der Waals surface area contributed by atoms with Crippen LogP contribution < -0.4 is 0 Å². The van der Waals surface area contributed by atoms with Gasteiger partial charge in [-0.25, -0.2) is 0 Å². The first-order valence-electron chi connectivity index (χ1n) is 8.52. The third kappa shape index (κ3) is 4.47. The molecule has 2 aliphatic rings. The summed E-state index contributed by atoms with van der Waals surface area (Å²) in [7, 11) is 0. The van der Waals surface area contributed by atoms with Gasteiger partial charge in [0.25, 0.3) is 0 Å². The molecule has 0 bridgehead atoms. The number of aliphatic carboxylic acids is 1. The Morgan fingerprint density at radius 1 is 1.10 bits per heavy atom.